The van der Waals surface area contributed by atoms with E-state index < -0.39 is 17.6 Å². The average molecular weight is 407 g/mol. The molecule has 0 saturated carbocycles. The Kier molecular flexibility index (Phi) is 4.10. The van der Waals surface area contributed by atoms with Gasteiger partial charge in [-0.1, -0.05) is 36.4 Å². The molecule has 0 bridgehead atoms. The van der Waals surface area contributed by atoms with Crippen LogP contribution >= 0.6 is 0 Å². The van der Waals surface area contributed by atoms with Crippen molar-refractivity contribution in [3.63, 3.8) is 0 Å². The van der Waals surface area contributed by atoms with Crippen molar-refractivity contribution in [3.05, 3.63) is 101 Å². The van der Waals surface area contributed by atoms with Crippen LogP contribution < -0.4 is 4.99 Å². The highest BCUT2D eigenvalue weighted by atomic mass is 19.4. The van der Waals surface area contributed by atoms with Crippen molar-refractivity contribution in [3.8, 4) is 0 Å². The van der Waals surface area contributed by atoms with Crippen molar-refractivity contribution < 1.29 is 22.6 Å². The van der Waals surface area contributed by atoms with Gasteiger partial charge in [-0.15, -0.1) is 0 Å². The molecule has 2 nitrogen and oxygen atoms in total. The van der Waals surface area contributed by atoms with Gasteiger partial charge in [0.15, 0.2) is 6.21 Å². The monoisotopic (exact) mass is 407 g/mol. The molecule has 4 aromatic rings. The number of hydrogen-bond donors (Lipinski definition) is 2. The second-order valence-corrected chi connectivity index (χ2v) is 7.06. The van der Waals surface area contributed by atoms with Gasteiger partial charge in [-0.2, -0.15) is 13.2 Å². The van der Waals surface area contributed by atoms with Crippen molar-refractivity contribution >= 4 is 34.0 Å². The number of H-pyrrole nitrogens is 1. The lowest BCUT2D eigenvalue weighted by Crippen LogP contribution is -2.58. The summed E-state index contributed by atoms with van der Waals surface area (Å²) in [6.45, 7) is 0. The Labute approximate surface area is 169 Å². The molecule has 5 rings (SSSR count). The quantitative estimate of drug-likeness (QED) is 0.434. The zero-order chi connectivity index (χ0) is 20.9. The Hall–Kier alpha value is -3.67. The number of rotatable bonds is 2. The van der Waals surface area contributed by atoms with E-state index in [2.05, 4.69) is 9.98 Å². The highest BCUT2D eigenvalue weighted by Gasteiger charge is 2.34. The minimum atomic E-state index is -4.75. The van der Waals surface area contributed by atoms with Crippen molar-refractivity contribution in [2.24, 2.45) is 0 Å². The molecule has 0 amide bonds. The minimum Gasteiger partial charge on any atom is -0.361 e. The van der Waals surface area contributed by atoms with Crippen LogP contribution in [0.25, 0.3) is 22.0 Å². The summed E-state index contributed by atoms with van der Waals surface area (Å²) >= 11 is 0. The van der Waals surface area contributed by atoms with Crippen LogP contribution in [0.5, 0.6) is 0 Å². The first kappa shape index (κ1) is 18.4. The number of aromatic amines is 1. The summed E-state index contributed by atoms with van der Waals surface area (Å²) in [6, 6.07) is 18.3. The molecule has 0 radical (unpaired) electrons. The van der Waals surface area contributed by atoms with Gasteiger partial charge in [0.05, 0.1) is 16.7 Å². The SMILES string of the molecule is Fc1cc(C(=C2C=[NH+]c3ccccc32)c2c[nH]c3ccccc23)ccc1C(F)(F)F. The van der Waals surface area contributed by atoms with Gasteiger partial charge in [-0.3, -0.25) is 0 Å². The summed E-state index contributed by atoms with van der Waals surface area (Å²) in [7, 11) is 0. The average Bonchev–Trinajstić information content (AvgIpc) is 3.33. The van der Waals surface area contributed by atoms with Crippen LogP contribution in [0.15, 0.2) is 72.9 Å². The molecule has 1 aliphatic rings. The van der Waals surface area contributed by atoms with Gasteiger partial charge in [0.25, 0.3) is 0 Å². The van der Waals surface area contributed by atoms with E-state index in [1.807, 2.05) is 48.5 Å². The number of allylic oxidation sites excluding steroid dienone is 1. The molecule has 0 saturated heterocycles. The molecule has 0 unspecified atom stereocenters. The van der Waals surface area contributed by atoms with Gasteiger partial charge in [0.2, 0.25) is 5.69 Å². The highest BCUT2D eigenvalue weighted by Crippen LogP contribution is 2.39. The fourth-order valence-electron chi connectivity index (χ4n) is 3.91. The smallest absolute Gasteiger partial charge is 0.361 e. The van der Waals surface area contributed by atoms with E-state index in [4.69, 9.17) is 0 Å². The van der Waals surface area contributed by atoms with Crippen molar-refractivity contribution in [2.45, 2.75) is 6.18 Å². The normalized spacial score (nSPS) is 14.9. The predicted molar refractivity (Wildman–Crippen MR) is 109 cm³/mol. The van der Waals surface area contributed by atoms with Crippen LogP contribution in [0.2, 0.25) is 0 Å². The minimum absolute atomic E-state index is 0.370. The van der Waals surface area contributed by atoms with E-state index in [9.17, 15) is 17.6 Å². The van der Waals surface area contributed by atoms with E-state index in [0.29, 0.717) is 11.1 Å². The Balaban J connectivity index is 1.81. The molecule has 30 heavy (non-hydrogen) atoms. The van der Waals surface area contributed by atoms with E-state index in [1.165, 1.54) is 6.07 Å². The standard InChI is InChI=1S/C24H14F4N2/c25-20-11-14(9-10-19(20)24(26,27)28)23(17-12-29-21-7-3-1-5-15(17)21)18-13-30-22-8-4-2-6-16(18)22/h1-13,29H/p+1. The number of halogens is 4. The topological polar surface area (TPSA) is 29.8 Å². The van der Waals surface area contributed by atoms with Crippen LogP contribution in [0.4, 0.5) is 23.2 Å². The second kappa shape index (κ2) is 6.69. The molecular weight excluding hydrogens is 392 g/mol. The molecule has 2 N–H and O–H groups in total. The Morgan fingerprint density at radius 3 is 2.47 bits per heavy atom. The molecule has 0 fully saturated rings. The lowest BCUT2D eigenvalue weighted by Gasteiger charge is -2.13. The van der Waals surface area contributed by atoms with Gasteiger partial charge in [0, 0.05) is 34.3 Å². The van der Waals surface area contributed by atoms with Gasteiger partial charge in [-0.05, 0) is 29.8 Å². The van der Waals surface area contributed by atoms with Gasteiger partial charge in [-0.25, -0.2) is 9.38 Å². The maximum atomic E-state index is 14.5. The van der Waals surface area contributed by atoms with Crippen LogP contribution in [0.1, 0.15) is 22.3 Å². The zero-order valence-corrected chi connectivity index (χ0v) is 15.5. The van der Waals surface area contributed by atoms with Gasteiger partial charge in [0.1, 0.15) is 5.82 Å². The third-order valence-electron chi connectivity index (χ3n) is 5.28. The van der Waals surface area contributed by atoms with Crippen molar-refractivity contribution in [1.82, 2.24) is 4.98 Å². The van der Waals surface area contributed by atoms with Crippen LogP contribution in [0, 0.1) is 5.82 Å². The van der Waals surface area contributed by atoms with E-state index in [1.54, 1.807) is 12.4 Å². The molecular formula is C24H15F4N2+. The molecule has 3 aromatic carbocycles. The maximum Gasteiger partial charge on any atom is 0.419 e. The summed E-state index contributed by atoms with van der Waals surface area (Å²) < 4.78 is 53.7. The number of benzene rings is 3. The highest BCUT2D eigenvalue weighted by molar-refractivity contribution is 6.24. The number of hydrogen-bond acceptors (Lipinski definition) is 0. The van der Waals surface area contributed by atoms with E-state index >= 15 is 0 Å². The third kappa shape index (κ3) is 2.92. The summed E-state index contributed by atoms with van der Waals surface area (Å²) in [6.07, 6.45) is -1.14. The first-order chi connectivity index (χ1) is 14.4. The molecule has 0 aliphatic carbocycles. The molecule has 148 valence electrons. The van der Waals surface area contributed by atoms with Gasteiger partial charge >= 0.3 is 6.18 Å². The summed E-state index contributed by atoms with van der Waals surface area (Å²) in [5.41, 5.74) is 3.99. The summed E-state index contributed by atoms with van der Waals surface area (Å²) in [5.74, 6) is -1.29. The largest absolute Gasteiger partial charge is 0.419 e. The molecule has 0 atom stereocenters. The van der Waals surface area contributed by atoms with Gasteiger partial charge < -0.3 is 4.98 Å². The number of fused-ring (bicyclic) bond motifs is 2. The first-order valence-electron chi connectivity index (χ1n) is 9.30. The molecule has 1 aliphatic heterocycles. The number of aromatic nitrogens is 1. The number of nitrogens with one attached hydrogen (secondary N) is 2. The Bertz CT molecular complexity index is 1340. The Morgan fingerprint density at radius 1 is 0.900 bits per heavy atom. The summed E-state index contributed by atoms with van der Waals surface area (Å²) in [4.78, 5) is 6.39. The van der Waals surface area contributed by atoms with Crippen LogP contribution in [-0.4, -0.2) is 11.2 Å². The Morgan fingerprint density at radius 2 is 1.67 bits per heavy atom. The zero-order valence-electron chi connectivity index (χ0n) is 15.5. The third-order valence-corrected chi connectivity index (χ3v) is 5.28. The van der Waals surface area contributed by atoms with Crippen LogP contribution in [0.3, 0.4) is 0 Å². The molecule has 1 aromatic heterocycles. The predicted octanol–water partition coefficient (Wildman–Crippen LogP) is 5.08. The molecule has 0 spiro atoms. The fraction of sp³-hybridized carbons (Fsp3) is 0.0417. The molecule has 2 heterocycles. The van der Waals surface area contributed by atoms with E-state index in [0.717, 1.165) is 45.4 Å². The molecule has 6 heteroatoms. The summed E-state index contributed by atoms with van der Waals surface area (Å²) in [5, 5.41) is 0.901. The van der Waals surface area contributed by atoms with Crippen LogP contribution in [-0.2, 0) is 6.18 Å². The van der Waals surface area contributed by atoms with Crippen molar-refractivity contribution in [1.29, 1.82) is 0 Å². The second-order valence-electron chi connectivity index (χ2n) is 7.06. The number of alkyl halides is 3. The number of para-hydroxylation sites is 2. The lowest BCUT2D eigenvalue weighted by molar-refractivity contribution is -0.342. The fourth-order valence-corrected chi connectivity index (χ4v) is 3.91. The van der Waals surface area contributed by atoms with Crippen molar-refractivity contribution in [2.75, 3.05) is 0 Å². The maximum absolute atomic E-state index is 14.5. The van der Waals surface area contributed by atoms with E-state index in [-0.39, 0.29) is 0 Å². The first-order valence-corrected chi connectivity index (χ1v) is 9.30. The lowest BCUT2D eigenvalue weighted by atomic mass is 9.89.